The van der Waals surface area contributed by atoms with Gasteiger partial charge in [0.25, 0.3) is 0 Å². The van der Waals surface area contributed by atoms with E-state index in [4.69, 9.17) is 4.74 Å². The Morgan fingerprint density at radius 1 is 1.07 bits per heavy atom. The van der Waals surface area contributed by atoms with E-state index in [2.05, 4.69) is 54.8 Å². The van der Waals surface area contributed by atoms with Gasteiger partial charge in [0.05, 0.1) is 13.2 Å². The average molecular weight is 401 g/mol. The Balaban J connectivity index is 1.61. The van der Waals surface area contributed by atoms with Crippen LogP contribution in [0.4, 0.5) is 0 Å². The van der Waals surface area contributed by atoms with Gasteiger partial charge in [-0.05, 0) is 35.8 Å². The van der Waals surface area contributed by atoms with E-state index in [9.17, 15) is 4.79 Å². The highest BCUT2D eigenvalue weighted by atomic mass is 16.5. The maximum Gasteiger partial charge on any atom is 0.225 e. The minimum atomic E-state index is 0.161. The Morgan fingerprint density at radius 2 is 1.72 bits per heavy atom. The average Bonchev–Trinajstić information content (AvgIpc) is 2.73. The quantitative estimate of drug-likeness (QED) is 0.670. The Kier molecular flexibility index (Phi) is 8.14. The molecule has 0 radical (unpaired) electrons. The fourth-order valence-corrected chi connectivity index (χ4v) is 4.52. The lowest BCUT2D eigenvalue weighted by Crippen LogP contribution is -2.40. The second kappa shape index (κ2) is 10.6. The van der Waals surface area contributed by atoms with Crippen molar-refractivity contribution in [1.82, 2.24) is 9.80 Å². The second-order valence-corrected chi connectivity index (χ2v) is 9.85. The molecule has 1 aliphatic heterocycles. The third kappa shape index (κ3) is 6.82. The first-order valence-electron chi connectivity index (χ1n) is 11.6. The van der Waals surface area contributed by atoms with Crippen LogP contribution >= 0.6 is 0 Å². The van der Waals surface area contributed by atoms with Gasteiger partial charge in [0.15, 0.2) is 0 Å². The van der Waals surface area contributed by atoms with Gasteiger partial charge in [0, 0.05) is 38.6 Å². The molecule has 162 valence electrons. The van der Waals surface area contributed by atoms with Crippen molar-refractivity contribution in [2.45, 2.75) is 71.3 Å². The molecule has 0 bridgehead atoms. The van der Waals surface area contributed by atoms with E-state index in [0.29, 0.717) is 5.91 Å². The number of benzene rings is 1. The summed E-state index contributed by atoms with van der Waals surface area (Å²) in [6.45, 7) is 13.1. The van der Waals surface area contributed by atoms with E-state index in [0.717, 1.165) is 65.2 Å². The third-order valence-electron chi connectivity index (χ3n) is 6.47. The van der Waals surface area contributed by atoms with E-state index >= 15 is 0 Å². The number of rotatable bonds is 7. The van der Waals surface area contributed by atoms with Crippen LogP contribution < -0.4 is 0 Å². The van der Waals surface area contributed by atoms with Gasteiger partial charge < -0.3 is 9.64 Å². The van der Waals surface area contributed by atoms with Crippen LogP contribution in [0.1, 0.15) is 70.4 Å². The molecule has 2 aliphatic rings. The summed E-state index contributed by atoms with van der Waals surface area (Å²) in [5, 5.41) is 0. The number of carbonyl (C=O) groups excluding carboxylic acids is 1. The summed E-state index contributed by atoms with van der Waals surface area (Å²) in [6.07, 6.45) is 6.88. The van der Waals surface area contributed by atoms with Gasteiger partial charge in [0.1, 0.15) is 0 Å². The maximum atomic E-state index is 13.3. The summed E-state index contributed by atoms with van der Waals surface area (Å²) in [5.41, 5.74) is 2.75. The zero-order chi connectivity index (χ0) is 20.7. The fourth-order valence-electron chi connectivity index (χ4n) is 4.52. The molecule has 2 fully saturated rings. The molecule has 3 rings (SSSR count). The van der Waals surface area contributed by atoms with Crippen molar-refractivity contribution in [3.63, 3.8) is 0 Å². The van der Waals surface area contributed by atoms with Crippen molar-refractivity contribution in [3.8, 4) is 0 Å². The Bertz CT molecular complexity index is 623. The molecule has 1 aromatic rings. The molecule has 0 N–H and O–H groups in total. The van der Waals surface area contributed by atoms with Crippen molar-refractivity contribution in [2.75, 3.05) is 39.4 Å². The molecule has 1 aliphatic carbocycles. The lowest BCUT2D eigenvalue weighted by molar-refractivity contribution is -0.137. The number of carbonyl (C=O) groups is 1. The summed E-state index contributed by atoms with van der Waals surface area (Å²) < 4.78 is 5.45. The second-order valence-electron chi connectivity index (χ2n) is 9.85. The SMILES string of the molecule is CC(C)(C)c1ccc(CN(CCCN2CCOCC2)C(=O)C2CCCCC2)cc1. The normalized spacial score (nSPS) is 19.3. The van der Waals surface area contributed by atoms with Crippen molar-refractivity contribution in [2.24, 2.45) is 5.92 Å². The lowest BCUT2D eigenvalue weighted by atomic mass is 9.86. The minimum Gasteiger partial charge on any atom is -0.379 e. The van der Waals surface area contributed by atoms with Crippen LogP contribution in [0.2, 0.25) is 0 Å². The van der Waals surface area contributed by atoms with Gasteiger partial charge in [-0.1, -0.05) is 64.3 Å². The molecule has 1 heterocycles. The van der Waals surface area contributed by atoms with Crippen LogP contribution in [0.25, 0.3) is 0 Å². The largest absolute Gasteiger partial charge is 0.379 e. The van der Waals surface area contributed by atoms with Crippen LogP contribution in [0.3, 0.4) is 0 Å². The molecule has 1 amide bonds. The zero-order valence-corrected chi connectivity index (χ0v) is 18.8. The highest BCUT2D eigenvalue weighted by Gasteiger charge is 2.26. The molecule has 4 nitrogen and oxygen atoms in total. The molecule has 1 saturated heterocycles. The van der Waals surface area contributed by atoms with Gasteiger partial charge in [-0.3, -0.25) is 9.69 Å². The first-order chi connectivity index (χ1) is 13.9. The van der Waals surface area contributed by atoms with Crippen molar-refractivity contribution < 1.29 is 9.53 Å². The van der Waals surface area contributed by atoms with Crippen LogP contribution in [-0.4, -0.2) is 55.1 Å². The smallest absolute Gasteiger partial charge is 0.225 e. The highest BCUT2D eigenvalue weighted by Crippen LogP contribution is 2.27. The summed E-state index contributed by atoms with van der Waals surface area (Å²) in [4.78, 5) is 17.9. The highest BCUT2D eigenvalue weighted by molar-refractivity contribution is 5.79. The molecule has 4 heteroatoms. The Labute approximate surface area is 177 Å². The van der Waals surface area contributed by atoms with Crippen LogP contribution in [0.5, 0.6) is 0 Å². The van der Waals surface area contributed by atoms with Gasteiger partial charge >= 0.3 is 0 Å². The third-order valence-corrected chi connectivity index (χ3v) is 6.47. The number of hydrogen-bond acceptors (Lipinski definition) is 3. The van der Waals surface area contributed by atoms with Gasteiger partial charge in [-0.15, -0.1) is 0 Å². The van der Waals surface area contributed by atoms with Crippen molar-refractivity contribution in [3.05, 3.63) is 35.4 Å². The molecule has 0 spiro atoms. The molecule has 0 aromatic heterocycles. The molecular weight excluding hydrogens is 360 g/mol. The monoisotopic (exact) mass is 400 g/mol. The zero-order valence-electron chi connectivity index (χ0n) is 18.8. The first-order valence-corrected chi connectivity index (χ1v) is 11.6. The van der Waals surface area contributed by atoms with Crippen LogP contribution in [0.15, 0.2) is 24.3 Å². The van der Waals surface area contributed by atoms with E-state index in [1.807, 2.05) is 0 Å². The first kappa shape index (κ1) is 22.3. The van der Waals surface area contributed by atoms with Crippen molar-refractivity contribution in [1.29, 1.82) is 0 Å². The molecule has 0 unspecified atom stereocenters. The number of morpholine rings is 1. The predicted molar refractivity (Wildman–Crippen MR) is 119 cm³/mol. The molecule has 0 atom stereocenters. The van der Waals surface area contributed by atoms with E-state index in [-0.39, 0.29) is 11.3 Å². The number of ether oxygens (including phenoxy) is 1. The molecule has 1 aromatic carbocycles. The summed E-state index contributed by atoms with van der Waals surface area (Å²) in [5.74, 6) is 0.618. The molecular formula is C25H40N2O2. The Hall–Kier alpha value is -1.39. The number of amides is 1. The van der Waals surface area contributed by atoms with E-state index < -0.39 is 0 Å². The standard InChI is InChI=1S/C25H40N2O2/c1-25(2,3)23-12-10-21(11-13-23)20-27(24(28)22-8-5-4-6-9-22)15-7-14-26-16-18-29-19-17-26/h10-13,22H,4-9,14-20H2,1-3H3. The lowest BCUT2D eigenvalue weighted by Gasteiger charge is -2.31. The van der Waals surface area contributed by atoms with Gasteiger partial charge in [-0.2, -0.15) is 0 Å². The van der Waals surface area contributed by atoms with Crippen LogP contribution in [-0.2, 0) is 21.5 Å². The van der Waals surface area contributed by atoms with Gasteiger partial charge in [-0.25, -0.2) is 0 Å². The van der Waals surface area contributed by atoms with Gasteiger partial charge in [0.2, 0.25) is 5.91 Å². The number of nitrogens with zero attached hydrogens (tertiary/aromatic N) is 2. The number of hydrogen-bond donors (Lipinski definition) is 0. The fraction of sp³-hybridized carbons (Fsp3) is 0.720. The van der Waals surface area contributed by atoms with E-state index in [1.165, 1.54) is 30.4 Å². The molecule has 1 saturated carbocycles. The predicted octanol–water partition coefficient (Wildman–Crippen LogP) is 4.62. The summed E-state index contributed by atoms with van der Waals surface area (Å²) in [7, 11) is 0. The van der Waals surface area contributed by atoms with Crippen molar-refractivity contribution >= 4 is 5.91 Å². The maximum absolute atomic E-state index is 13.3. The topological polar surface area (TPSA) is 32.8 Å². The summed E-state index contributed by atoms with van der Waals surface area (Å²) >= 11 is 0. The molecule has 29 heavy (non-hydrogen) atoms. The van der Waals surface area contributed by atoms with Crippen LogP contribution in [0, 0.1) is 5.92 Å². The Morgan fingerprint density at radius 3 is 2.34 bits per heavy atom. The van der Waals surface area contributed by atoms with E-state index in [1.54, 1.807) is 0 Å². The summed E-state index contributed by atoms with van der Waals surface area (Å²) in [6, 6.07) is 8.88. The minimum absolute atomic E-state index is 0.161.